The molecule has 0 N–H and O–H groups in total. The zero-order valence-corrected chi connectivity index (χ0v) is 10.5. The molecule has 15 heavy (non-hydrogen) atoms. The third-order valence-electron chi connectivity index (χ3n) is 1.91. The molecule has 0 spiro atoms. The Morgan fingerprint density at radius 1 is 1.47 bits per heavy atom. The van der Waals surface area contributed by atoms with Crippen LogP contribution in [-0.4, -0.2) is 5.97 Å². The Morgan fingerprint density at radius 3 is 2.40 bits per heavy atom. The van der Waals surface area contributed by atoms with E-state index >= 15 is 0 Å². The fourth-order valence-corrected chi connectivity index (χ4v) is 1.02. The number of nitrogens with zero attached hydrogens (tertiary/aromatic N) is 3. The van der Waals surface area contributed by atoms with E-state index < -0.39 is 11.9 Å². The van der Waals surface area contributed by atoms with Crippen molar-refractivity contribution in [2.24, 2.45) is 5.11 Å². The second-order valence-electron chi connectivity index (χ2n) is 2.82. The maximum atomic E-state index is 10.5. The molecule has 0 aromatic heterocycles. The van der Waals surface area contributed by atoms with Crippen LogP contribution in [0.3, 0.4) is 0 Å². The molecule has 5 nitrogen and oxygen atoms in total. The van der Waals surface area contributed by atoms with Crippen LogP contribution in [0.25, 0.3) is 10.4 Å². The summed E-state index contributed by atoms with van der Waals surface area (Å²) in [7, 11) is 0. The zero-order valence-electron chi connectivity index (χ0n) is 8.54. The van der Waals surface area contributed by atoms with Gasteiger partial charge < -0.3 is 9.90 Å². The quantitative estimate of drug-likeness (QED) is 0.264. The second-order valence-corrected chi connectivity index (χ2v) is 2.82. The first-order valence-electron chi connectivity index (χ1n) is 4.01. The van der Waals surface area contributed by atoms with Gasteiger partial charge in [0.1, 0.15) is 0 Å². The summed E-state index contributed by atoms with van der Waals surface area (Å²) < 4.78 is 0. The van der Waals surface area contributed by atoms with Crippen molar-refractivity contribution < 1.29 is 39.5 Å². The number of rotatable bonds is 3. The Bertz CT molecular complexity index is 385. The van der Waals surface area contributed by atoms with Crippen LogP contribution < -0.4 is 34.7 Å². The molecular weight excluding hydrogens is 205 g/mol. The summed E-state index contributed by atoms with van der Waals surface area (Å²) in [6, 6.07) is 6.33. The van der Waals surface area contributed by atoms with Gasteiger partial charge in [0.05, 0.1) is 0 Å². The van der Waals surface area contributed by atoms with Crippen molar-refractivity contribution in [1.29, 1.82) is 0 Å². The number of hydrogen-bond acceptors (Lipinski definition) is 3. The largest absolute Gasteiger partial charge is 1.00 e. The van der Waals surface area contributed by atoms with E-state index in [1.54, 1.807) is 24.3 Å². The molecule has 0 aliphatic carbocycles. The fourth-order valence-electron chi connectivity index (χ4n) is 1.02. The molecule has 0 saturated heterocycles. The van der Waals surface area contributed by atoms with Gasteiger partial charge in [0, 0.05) is 22.5 Å². The second kappa shape index (κ2) is 6.48. The molecule has 0 bridgehead atoms. The van der Waals surface area contributed by atoms with Crippen molar-refractivity contribution in [3.8, 4) is 0 Å². The molecular formula is C9H8N3NaO2. The number of hydrogen-bond donors (Lipinski definition) is 0. The normalized spacial score (nSPS) is 10.7. The maximum absolute atomic E-state index is 10.5. The topological polar surface area (TPSA) is 88.9 Å². The number of azide groups is 1. The van der Waals surface area contributed by atoms with Gasteiger partial charge in [0.2, 0.25) is 0 Å². The molecule has 72 valence electrons. The van der Waals surface area contributed by atoms with Gasteiger partial charge in [-0.3, -0.25) is 0 Å². The summed E-state index contributed by atoms with van der Waals surface area (Å²) in [5.74, 6) is -1.78. The smallest absolute Gasteiger partial charge is 0.550 e. The standard InChI is InChI=1S/C9H9N3O2.Na/c1-6(9(13)14)7-2-4-8(5-3-7)11-12-10;/h2-6H,1H3,(H,13,14);/q;+1/p-1. The molecule has 1 aromatic carbocycles. The van der Waals surface area contributed by atoms with Crippen LogP contribution in [0.1, 0.15) is 18.4 Å². The number of aliphatic carboxylic acids is 1. The predicted octanol–water partition coefficient (Wildman–Crippen LogP) is -1.51. The predicted molar refractivity (Wildman–Crippen MR) is 48.7 cm³/mol. The molecule has 0 radical (unpaired) electrons. The minimum Gasteiger partial charge on any atom is -0.550 e. The van der Waals surface area contributed by atoms with E-state index in [0.717, 1.165) is 0 Å². The monoisotopic (exact) mass is 213 g/mol. The molecule has 1 atom stereocenters. The summed E-state index contributed by atoms with van der Waals surface area (Å²) in [6.07, 6.45) is 0. The first kappa shape index (κ1) is 14.0. The Hall–Kier alpha value is -1.00. The van der Waals surface area contributed by atoms with Gasteiger partial charge in [-0.1, -0.05) is 36.3 Å². The van der Waals surface area contributed by atoms with Crippen molar-refractivity contribution in [3.05, 3.63) is 40.3 Å². The molecule has 0 amide bonds. The molecule has 1 rings (SSSR count). The summed E-state index contributed by atoms with van der Waals surface area (Å²) >= 11 is 0. The molecule has 0 aliphatic heterocycles. The molecule has 0 saturated carbocycles. The summed E-state index contributed by atoms with van der Waals surface area (Å²) in [6.45, 7) is 1.54. The van der Waals surface area contributed by atoms with E-state index in [1.165, 1.54) is 6.92 Å². The number of carboxylic acid groups (broad SMARTS) is 1. The molecule has 0 heterocycles. The van der Waals surface area contributed by atoms with Crippen LogP contribution in [0.5, 0.6) is 0 Å². The molecule has 1 unspecified atom stereocenters. The fraction of sp³-hybridized carbons (Fsp3) is 0.222. The van der Waals surface area contributed by atoms with Gasteiger partial charge in [-0.25, -0.2) is 0 Å². The van der Waals surface area contributed by atoms with Crippen molar-refractivity contribution >= 4 is 11.7 Å². The van der Waals surface area contributed by atoms with Crippen LogP contribution >= 0.6 is 0 Å². The van der Waals surface area contributed by atoms with E-state index in [4.69, 9.17) is 5.53 Å². The third-order valence-corrected chi connectivity index (χ3v) is 1.91. The van der Waals surface area contributed by atoms with E-state index in [1.807, 2.05) is 0 Å². The third kappa shape index (κ3) is 3.93. The molecule has 0 fully saturated rings. The van der Waals surface area contributed by atoms with Crippen LogP contribution in [0, 0.1) is 0 Å². The first-order chi connectivity index (χ1) is 6.65. The summed E-state index contributed by atoms with van der Waals surface area (Å²) in [4.78, 5) is 13.1. The van der Waals surface area contributed by atoms with Gasteiger partial charge in [0.25, 0.3) is 0 Å². The van der Waals surface area contributed by atoms with Crippen molar-refractivity contribution in [2.75, 3.05) is 0 Å². The first-order valence-corrected chi connectivity index (χ1v) is 4.01. The van der Waals surface area contributed by atoms with E-state index in [2.05, 4.69) is 10.0 Å². The van der Waals surface area contributed by atoms with E-state index in [-0.39, 0.29) is 29.6 Å². The van der Waals surface area contributed by atoms with Crippen molar-refractivity contribution in [3.63, 3.8) is 0 Å². The minimum absolute atomic E-state index is 0. The van der Waals surface area contributed by atoms with Gasteiger partial charge in [-0.05, 0) is 11.1 Å². The number of carbonyl (C=O) groups is 1. The maximum Gasteiger partial charge on any atom is 1.00 e. The van der Waals surface area contributed by atoms with E-state index in [9.17, 15) is 9.90 Å². The average molecular weight is 213 g/mol. The van der Waals surface area contributed by atoms with Crippen molar-refractivity contribution in [2.45, 2.75) is 12.8 Å². The van der Waals surface area contributed by atoms with Crippen LogP contribution in [0.15, 0.2) is 29.4 Å². The SMILES string of the molecule is CC(C(=O)[O-])c1ccc(N=[N+]=[N-])cc1.[Na+]. The molecule has 0 aliphatic rings. The molecule has 6 heteroatoms. The van der Waals surface area contributed by atoms with Gasteiger partial charge in [-0.2, -0.15) is 0 Å². The van der Waals surface area contributed by atoms with Gasteiger partial charge in [0.15, 0.2) is 0 Å². The Balaban J connectivity index is 0.00000196. The van der Waals surface area contributed by atoms with Crippen LogP contribution in [0.4, 0.5) is 5.69 Å². The minimum atomic E-state index is -1.12. The zero-order chi connectivity index (χ0) is 10.6. The molecule has 1 aromatic rings. The van der Waals surface area contributed by atoms with Gasteiger partial charge >= 0.3 is 29.6 Å². The summed E-state index contributed by atoms with van der Waals surface area (Å²) in [5, 5.41) is 13.9. The Kier molecular flexibility index (Phi) is 6.05. The number of carboxylic acids is 1. The number of carbonyl (C=O) groups excluding carboxylic acids is 1. The van der Waals surface area contributed by atoms with Gasteiger partial charge in [-0.15, -0.1) is 0 Å². The Labute approximate surface area is 109 Å². The summed E-state index contributed by atoms with van der Waals surface area (Å²) in [5.41, 5.74) is 9.23. The van der Waals surface area contributed by atoms with E-state index in [0.29, 0.717) is 11.3 Å². The Morgan fingerprint density at radius 2 is 2.00 bits per heavy atom. The average Bonchev–Trinajstić information content (AvgIpc) is 2.18. The van der Waals surface area contributed by atoms with Crippen LogP contribution in [0.2, 0.25) is 0 Å². The van der Waals surface area contributed by atoms with Crippen molar-refractivity contribution in [1.82, 2.24) is 0 Å². The van der Waals surface area contributed by atoms with Crippen LogP contribution in [-0.2, 0) is 4.79 Å². The number of benzene rings is 1.